The van der Waals surface area contributed by atoms with E-state index >= 15 is 0 Å². The number of hydrogen-bond acceptors (Lipinski definition) is 5. The van der Waals surface area contributed by atoms with Gasteiger partial charge in [0.1, 0.15) is 11.2 Å². The fraction of sp³-hybridized carbons (Fsp3) is 0.250. The number of aromatic nitrogens is 2. The van der Waals surface area contributed by atoms with Gasteiger partial charge in [-0.2, -0.15) is 0 Å². The predicted octanol–water partition coefficient (Wildman–Crippen LogP) is 3.05. The highest BCUT2D eigenvalue weighted by Gasteiger charge is 2.49. The maximum atomic E-state index is 13.7. The summed E-state index contributed by atoms with van der Waals surface area (Å²) in [6, 6.07) is 16.6. The van der Waals surface area contributed by atoms with Crippen molar-refractivity contribution in [3.63, 3.8) is 0 Å². The first kappa shape index (κ1) is 22.5. The number of fused-ring (bicyclic) bond motifs is 1. The van der Waals surface area contributed by atoms with Gasteiger partial charge in [0.2, 0.25) is 5.91 Å². The van der Waals surface area contributed by atoms with Gasteiger partial charge < -0.3 is 19.5 Å². The largest absolute Gasteiger partial charge is 0.464 e. The number of halogens is 1. The maximum absolute atomic E-state index is 13.7. The second-order valence-electron chi connectivity index (χ2n) is 7.99. The number of ether oxygens (including phenoxy) is 1. The van der Waals surface area contributed by atoms with E-state index in [0.29, 0.717) is 17.1 Å². The topological polar surface area (TPSA) is 93.5 Å². The van der Waals surface area contributed by atoms with E-state index in [-0.39, 0.29) is 30.4 Å². The van der Waals surface area contributed by atoms with Crippen LogP contribution in [0.3, 0.4) is 0 Å². The average molecular weight is 467 g/mol. The van der Waals surface area contributed by atoms with E-state index in [0.717, 1.165) is 5.56 Å². The summed E-state index contributed by atoms with van der Waals surface area (Å²) in [7, 11) is 1.23. The van der Waals surface area contributed by atoms with Crippen LogP contribution in [0, 0.1) is 0 Å². The summed E-state index contributed by atoms with van der Waals surface area (Å²) in [6.45, 7) is 2.21. The summed E-state index contributed by atoms with van der Waals surface area (Å²) < 4.78 is 6.31. The minimum absolute atomic E-state index is 0.0829. The van der Waals surface area contributed by atoms with Crippen molar-refractivity contribution in [2.45, 2.75) is 32.1 Å². The number of hydrogen-bond donors (Lipinski definition) is 1. The van der Waals surface area contributed by atoms with Crippen molar-refractivity contribution in [1.82, 2.24) is 19.8 Å². The Bertz CT molecular complexity index is 1210. The van der Waals surface area contributed by atoms with Gasteiger partial charge in [0, 0.05) is 18.1 Å². The number of esters is 1. The molecule has 9 heteroatoms. The number of amides is 2. The van der Waals surface area contributed by atoms with Crippen LogP contribution in [0.2, 0.25) is 5.02 Å². The van der Waals surface area contributed by atoms with Gasteiger partial charge in [-0.3, -0.25) is 9.59 Å². The van der Waals surface area contributed by atoms with Gasteiger partial charge in [-0.25, -0.2) is 9.78 Å². The van der Waals surface area contributed by atoms with Crippen LogP contribution in [0.4, 0.5) is 0 Å². The molecule has 2 heterocycles. The fourth-order valence-corrected chi connectivity index (χ4v) is 4.14. The highest BCUT2D eigenvalue weighted by Crippen LogP contribution is 2.32. The van der Waals surface area contributed by atoms with Crippen LogP contribution in [0.1, 0.15) is 39.0 Å². The van der Waals surface area contributed by atoms with Crippen molar-refractivity contribution in [1.29, 1.82) is 0 Å². The molecule has 0 spiro atoms. The SMILES string of the molecule is COC(=O)c1ncn2c1C(=O)N(Cc1ccccc1Cl)[C@@](C)(C(=O)NCc1ccccc1)C2. The van der Waals surface area contributed by atoms with E-state index in [9.17, 15) is 14.4 Å². The van der Waals surface area contributed by atoms with Crippen LogP contribution in [0.15, 0.2) is 60.9 Å². The standard InChI is InChI=1S/C24H23ClN4O4/c1-24(23(32)26-12-16-8-4-3-5-9-16)14-28-15-27-19(22(31)33-2)20(28)21(30)29(24)13-17-10-6-7-11-18(17)25/h3-11,15H,12-14H2,1-2H3,(H,26,32)/t24-/m1/s1. The molecule has 0 radical (unpaired) electrons. The van der Waals surface area contributed by atoms with Crippen LogP contribution in [0.5, 0.6) is 0 Å². The number of imidazole rings is 1. The van der Waals surface area contributed by atoms with E-state index in [1.165, 1.54) is 22.9 Å². The lowest BCUT2D eigenvalue weighted by Gasteiger charge is -2.43. The summed E-state index contributed by atoms with van der Waals surface area (Å²) in [4.78, 5) is 44.8. The van der Waals surface area contributed by atoms with Crippen molar-refractivity contribution in [3.8, 4) is 0 Å². The molecule has 8 nitrogen and oxygen atoms in total. The average Bonchev–Trinajstić information content (AvgIpc) is 3.25. The maximum Gasteiger partial charge on any atom is 0.359 e. The van der Waals surface area contributed by atoms with E-state index in [1.807, 2.05) is 36.4 Å². The molecule has 2 aromatic carbocycles. The lowest BCUT2D eigenvalue weighted by molar-refractivity contribution is -0.133. The molecule has 0 saturated heterocycles. The Labute approximate surface area is 196 Å². The smallest absolute Gasteiger partial charge is 0.359 e. The Morgan fingerprint density at radius 2 is 1.85 bits per heavy atom. The number of nitrogens with one attached hydrogen (secondary N) is 1. The van der Waals surface area contributed by atoms with E-state index < -0.39 is 17.4 Å². The first-order chi connectivity index (χ1) is 15.8. The molecule has 0 bridgehead atoms. The molecule has 1 N–H and O–H groups in total. The molecule has 0 unspecified atom stereocenters. The number of carbonyl (C=O) groups is 3. The molecule has 170 valence electrons. The Kier molecular flexibility index (Phi) is 6.20. The Morgan fingerprint density at radius 1 is 1.15 bits per heavy atom. The summed E-state index contributed by atoms with van der Waals surface area (Å²) in [5.41, 5.74) is 0.361. The minimum Gasteiger partial charge on any atom is -0.464 e. The Balaban J connectivity index is 1.71. The second-order valence-corrected chi connectivity index (χ2v) is 8.39. The summed E-state index contributed by atoms with van der Waals surface area (Å²) in [5, 5.41) is 3.42. The minimum atomic E-state index is -1.26. The lowest BCUT2D eigenvalue weighted by Crippen LogP contribution is -2.63. The van der Waals surface area contributed by atoms with E-state index in [4.69, 9.17) is 16.3 Å². The second kappa shape index (κ2) is 9.07. The number of nitrogens with zero attached hydrogens (tertiary/aromatic N) is 3. The highest BCUT2D eigenvalue weighted by molar-refractivity contribution is 6.31. The molecule has 1 aliphatic rings. The first-order valence-corrected chi connectivity index (χ1v) is 10.7. The molecule has 3 aromatic rings. The van der Waals surface area contributed by atoms with Gasteiger partial charge in [-0.1, -0.05) is 60.1 Å². The monoisotopic (exact) mass is 466 g/mol. The molecule has 4 rings (SSSR count). The normalized spacial score (nSPS) is 17.4. The first-order valence-electron chi connectivity index (χ1n) is 10.4. The molecule has 0 aliphatic carbocycles. The molecule has 2 amide bonds. The van der Waals surface area contributed by atoms with Crippen molar-refractivity contribution in [2.24, 2.45) is 0 Å². The fourth-order valence-electron chi connectivity index (χ4n) is 3.95. The third kappa shape index (κ3) is 4.21. The molecule has 0 saturated carbocycles. The van der Waals surface area contributed by atoms with Crippen LogP contribution in [0.25, 0.3) is 0 Å². The van der Waals surface area contributed by atoms with Crippen LogP contribution < -0.4 is 5.32 Å². The molecular formula is C24H23ClN4O4. The third-order valence-electron chi connectivity index (χ3n) is 5.81. The Morgan fingerprint density at radius 3 is 2.55 bits per heavy atom. The zero-order chi connectivity index (χ0) is 23.6. The summed E-state index contributed by atoms with van der Waals surface area (Å²) in [6.07, 6.45) is 1.38. The third-order valence-corrected chi connectivity index (χ3v) is 6.18. The summed E-state index contributed by atoms with van der Waals surface area (Å²) >= 11 is 6.36. The van der Waals surface area contributed by atoms with Crippen molar-refractivity contribution in [3.05, 3.63) is 88.5 Å². The van der Waals surface area contributed by atoms with Gasteiger partial charge in [0.15, 0.2) is 5.69 Å². The van der Waals surface area contributed by atoms with E-state index in [2.05, 4.69) is 10.3 Å². The van der Waals surface area contributed by atoms with Crippen LogP contribution >= 0.6 is 11.6 Å². The van der Waals surface area contributed by atoms with Gasteiger partial charge in [-0.15, -0.1) is 0 Å². The van der Waals surface area contributed by atoms with Crippen LogP contribution in [-0.2, 0) is 29.2 Å². The number of carbonyl (C=O) groups excluding carboxylic acids is 3. The van der Waals surface area contributed by atoms with Crippen molar-refractivity contribution in [2.75, 3.05) is 7.11 Å². The molecule has 33 heavy (non-hydrogen) atoms. The van der Waals surface area contributed by atoms with Crippen LogP contribution in [-0.4, -0.2) is 44.9 Å². The Hall–Kier alpha value is -3.65. The van der Waals surface area contributed by atoms with E-state index in [1.54, 1.807) is 25.1 Å². The van der Waals surface area contributed by atoms with Crippen molar-refractivity contribution < 1.29 is 19.1 Å². The number of benzene rings is 2. The summed E-state index contributed by atoms with van der Waals surface area (Å²) in [5.74, 6) is -1.55. The number of rotatable bonds is 6. The molecule has 1 aromatic heterocycles. The van der Waals surface area contributed by atoms with Gasteiger partial charge in [-0.05, 0) is 24.1 Å². The lowest BCUT2D eigenvalue weighted by atomic mass is 9.93. The van der Waals surface area contributed by atoms with Crippen molar-refractivity contribution >= 4 is 29.4 Å². The van der Waals surface area contributed by atoms with Gasteiger partial charge >= 0.3 is 5.97 Å². The highest BCUT2D eigenvalue weighted by atomic mass is 35.5. The zero-order valence-electron chi connectivity index (χ0n) is 18.2. The predicted molar refractivity (Wildman–Crippen MR) is 122 cm³/mol. The van der Waals surface area contributed by atoms with Gasteiger partial charge in [0.05, 0.1) is 20.0 Å². The zero-order valence-corrected chi connectivity index (χ0v) is 19.0. The molecular weight excluding hydrogens is 444 g/mol. The van der Waals surface area contributed by atoms with Gasteiger partial charge in [0.25, 0.3) is 5.91 Å². The number of methoxy groups -OCH3 is 1. The molecule has 1 atom stereocenters. The quantitative estimate of drug-likeness (QED) is 0.563. The molecule has 0 fully saturated rings. The molecule has 1 aliphatic heterocycles.